The van der Waals surface area contributed by atoms with Gasteiger partial charge in [-0.1, -0.05) is 5.16 Å². The van der Waals surface area contributed by atoms with Crippen molar-refractivity contribution >= 4 is 5.91 Å². The Morgan fingerprint density at radius 2 is 2.62 bits per heavy atom. The van der Waals surface area contributed by atoms with Crippen LogP contribution < -0.4 is 10.6 Å². The molecule has 0 bridgehead atoms. The molecule has 88 valence electrons. The zero-order chi connectivity index (χ0) is 11.4. The van der Waals surface area contributed by atoms with Crippen molar-refractivity contribution in [2.75, 3.05) is 26.3 Å². The van der Waals surface area contributed by atoms with E-state index in [0.29, 0.717) is 24.6 Å². The first kappa shape index (κ1) is 11.1. The highest BCUT2D eigenvalue weighted by Crippen LogP contribution is 2.01. The molecule has 1 aromatic heterocycles. The largest absolute Gasteiger partial charge is 0.378 e. The van der Waals surface area contributed by atoms with Crippen LogP contribution in [0.2, 0.25) is 0 Å². The van der Waals surface area contributed by atoms with E-state index in [-0.39, 0.29) is 11.9 Å². The normalized spacial score (nSPS) is 20.7. The lowest BCUT2D eigenvalue weighted by Gasteiger charge is -2.23. The maximum atomic E-state index is 11.6. The standard InChI is InChI=1S/C10H15N3O3/c1-7-4-9(13-16-7)10(14)12-5-8-6-15-3-2-11-8/h4,8,11H,2-3,5-6H2,1H3,(H,12,14). The number of aryl methyl sites for hydroxylation is 1. The number of ether oxygens (including phenoxy) is 1. The maximum absolute atomic E-state index is 11.6. The topological polar surface area (TPSA) is 76.4 Å². The summed E-state index contributed by atoms with van der Waals surface area (Å²) in [7, 11) is 0. The van der Waals surface area contributed by atoms with Gasteiger partial charge in [0.1, 0.15) is 5.76 Å². The van der Waals surface area contributed by atoms with Crippen LogP contribution in [0.25, 0.3) is 0 Å². The number of hydrogen-bond acceptors (Lipinski definition) is 5. The molecule has 1 aliphatic heterocycles. The zero-order valence-corrected chi connectivity index (χ0v) is 9.16. The number of carbonyl (C=O) groups excluding carboxylic acids is 1. The Hall–Kier alpha value is -1.40. The Balaban J connectivity index is 1.79. The fourth-order valence-corrected chi connectivity index (χ4v) is 1.53. The molecule has 1 aliphatic rings. The summed E-state index contributed by atoms with van der Waals surface area (Å²) in [6, 6.07) is 1.78. The third-order valence-corrected chi connectivity index (χ3v) is 2.37. The lowest BCUT2D eigenvalue weighted by Crippen LogP contribution is -2.48. The van der Waals surface area contributed by atoms with Crippen molar-refractivity contribution in [3.8, 4) is 0 Å². The van der Waals surface area contributed by atoms with E-state index >= 15 is 0 Å². The summed E-state index contributed by atoms with van der Waals surface area (Å²) in [6.07, 6.45) is 0. The van der Waals surface area contributed by atoms with Crippen molar-refractivity contribution in [2.24, 2.45) is 0 Å². The van der Waals surface area contributed by atoms with Gasteiger partial charge in [-0.15, -0.1) is 0 Å². The minimum absolute atomic E-state index is 0.172. The summed E-state index contributed by atoms with van der Waals surface area (Å²) < 4.78 is 10.1. The van der Waals surface area contributed by atoms with Crippen LogP contribution in [0.5, 0.6) is 0 Å². The molecule has 2 rings (SSSR count). The molecule has 0 saturated carbocycles. The van der Waals surface area contributed by atoms with E-state index < -0.39 is 0 Å². The van der Waals surface area contributed by atoms with Gasteiger partial charge in [-0.2, -0.15) is 0 Å². The Bertz CT molecular complexity index is 358. The van der Waals surface area contributed by atoms with Crippen LogP contribution >= 0.6 is 0 Å². The molecular formula is C10H15N3O3. The van der Waals surface area contributed by atoms with E-state index in [0.717, 1.165) is 13.2 Å². The van der Waals surface area contributed by atoms with Crippen LogP contribution in [0, 0.1) is 6.92 Å². The molecule has 2 N–H and O–H groups in total. The molecule has 1 amide bonds. The van der Waals surface area contributed by atoms with E-state index in [4.69, 9.17) is 9.26 Å². The predicted octanol–water partition coefficient (Wildman–Crippen LogP) is -0.299. The van der Waals surface area contributed by atoms with Gasteiger partial charge in [-0.05, 0) is 6.92 Å². The fraction of sp³-hybridized carbons (Fsp3) is 0.600. The third kappa shape index (κ3) is 2.80. The zero-order valence-electron chi connectivity index (χ0n) is 9.16. The van der Waals surface area contributed by atoms with E-state index in [1.807, 2.05) is 0 Å². The first-order valence-corrected chi connectivity index (χ1v) is 5.28. The Morgan fingerprint density at radius 1 is 1.75 bits per heavy atom. The van der Waals surface area contributed by atoms with Crippen LogP contribution in [0.3, 0.4) is 0 Å². The molecule has 1 saturated heterocycles. The average molecular weight is 225 g/mol. The Labute approximate surface area is 93.3 Å². The summed E-state index contributed by atoms with van der Waals surface area (Å²) in [4.78, 5) is 11.6. The molecule has 1 unspecified atom stereocenters. The van der Waals surface area contributed by atoms with E-state index in [9.17, 15) is 4.79 Å². The lowest BCUT2D eigenvalue weighted by molar-refractivity contribution is 0.0732. The van der Waals surface area contributed by atoms with Crippen LogP contribution in [-0.2, 0) is 4.74 Å². The molecule has 0 aromatic carbocycles. The number of amides is 1. The molecule has 0 aliphatic carbocycles. The number of nitrogens with one attached hydrogen (secondary N) is 2. The summed E-state index contributed by atoms with van der Waals surface area (Å²) in [6.45, 7) is 4.46. The van der Waals surface area contributed by atoms with Crippen molar-refractivity contribution in [1.29, 1.82) is 0 Å². The van der Waals surface area contributed by atoms with Crippen molar-refractivity contribution in [3.63, 3.8) is 0 Å². The SMILES string of the molecule is Cc1cc(C(=O)NCC2COCCN2)no1. The molecule has 16 heavy (non-hydrogen) atoms. The monoisotopic (exact) mass is 225 g/mol. The maximum Gasteiger partial charge on any atom is 0.273 e. The molecule has 2 heterocycles. The molecule has 1 aromatic rings. The highest BCUT2D eigenvalue weighted by molar-refractivity contribution is 5.92. The number of aromatic nitrogens is 1. The van der Waals surface area contributed by atoms with Gasteiger partial charge in [-0.3, -0.25) is 4.79 Å². The molecular weight excluding hydrogens is 210 g/mol. The van der Waals surface area contributed by atoms with Crippen molar-refractivity contribution in [3.05, 3.63) is 17.5 Å². The van der Waals surface area contributed by atoms with Crippen LogP contribution in [-0.4, -0.2) is 43.4 Å². The van der Waals surface area contributed by atoms with Gasteiger partial charge >= 0.3 is 0 Å². The van der Waals surface area contributed by atoms with Gasteiger partial charge in [0.15, 0.2) is 5.69 Å². The summed E-state index contributed by atoms with van der Waals surface area (Å²) in [5.74, 6) is 0.411. The van der Waals surface area contributed by atoms with E-state index in [1.54, 1.807) is 13.0 Å². The second-order valence-corrected chi connectivity index (χ2v) is 3.76. The first-order chi connectivity index (χ1) is 7.75. The smallest absolute Gasteiger partial charge is 0.273 e. The molecule has 1 atom stereocenters. The summed E-state index contributed by atoms with van der Waals surface area (Å²) in [5, 5.41) is 9.67. The highest BCUT2D eigenvalue weighted by Gasteiger charge is 2.16. The van der Waals surface area contributed by atoms with Crippen LogP contribution in [0.15, 0.2) is 10.6 Å². The Kier molecular flexibility index (Phi) is 3.53. The molecule has 0 radical (unpaired) electrons. The van der Waals surface area contributed by atoms with Crippen molar-refractivity contribution in [1.82, 2.24) is 15.8 Å². The van der Waals surface area contributed by atoms with Gasteiger partial charge in [0, 0.05) is 25.2 Å². The second-order valence-electron chi connectivity index (χ2n) is 3.76. The minimum atomic E-state index is -0.218. The van der Waals surface area contributed by atoms with Gasteiger partial charge in [0.25, 0.3) is 5.91 Å². The average Bonchev–Trinajstić information content (AvgIpc) is 2.74. The number of hydrogen-bond donors (Lipinski definition) is 2. The number of carbonyl (C=O) groups is 1. The molecule has 0 spiro atoms. The van der Waals surface area contributed by atoms with Gasteiger partial charge in [0.2, 0.25) is 0 Å². The van der Waals surface area contributed by atoms with Crippen molar-refractivity contribution in [2.45, 2.75) is 13.0 Å². The predicted molar refractivity (Wildman–Crippen MR) is 56.2 cm³/mol. The number of rotatable bonds is 3. The first-order valence-electron chi connectivity index (χ1n) is 5.28. The van der Waals surface area contributed by atoms with Gasteiger partial charge in [-0.25, -0.2) is 0 Å². The second kappa shape index (κ2) is 5.09. The molecule has 6 heteroatoms. The molecule has 6 nitrogen and oxygen atoms in total. The van der Waals surface area contributed by atoms with Crippen LogP contribution in [0.1, 0.15) is 16.2 Å². The minimum Gasteiger partial charge on any atom is -0.378 e. The van der Waals surface area contributed by atoms with Gasteiger partial charge in [0.05, 0.1) is 13.2 Å². The Morgan fingerprint density at radius 3 is 3.25 bits per heavy atom. The van der Waals surface area contributed by atoms with Gasteiger partial charge < -0.3 is 19.9 Å². The number of nitrogens with zero attached hydrogens (tertiary/aromatic N) is 1. The van der Waals surface area contributed by atoms with E-state index in [1.165, 1.54) is 0 Å². The fourth-order valence-electron chi connectivity index (χ4n) is 1.53. The summed E-state index contributed by atoms with van der Waals surface area (Å²) in [5.41, 5.74) is 0.314. The molecule has 1 fully saturated rings. The highest BCUT2D eigenvalue weighted by atomic mass is 16.5. The van der Waals surface area contributed by atoms with E-state index in [2.05, 4.69) is 15.8 Å². The van der Waals surface area contributed by atoms with Crippen LogP contribution in [0.4, 0.5) is 0 Å². The lowest BCUT2D eigenvalue weighted by atomic mass is 10.2. The summed E-state index contributed by atoms with van der Waals surface area (Å²) >= 11 is 0. The quantitative estimate of drug-likeness (QED) is 0.738. The third-order valence-electron chi connectivity index (χ3n) is 2.37. The van der Waals surface area contributed by atoms with Crippen molar-refractivity contribution < 1.29 is 14.1 Å². The number of morpholine rings is 1.